The number of nitrogens with one attached hydrogen (secondary N) is 1. The molecule has 0 spiro atoms. The van der Waals surface area contributed by atoms with Gasteiger partial charge in [-0.25, -0.2) is 8.42 Å². The van der Waals surface area contributed by atoms with Crippen LogP contribution in [0.5, 0.6) is 0 Å². The fraction of sp³-hybridized carbons (Fsp3) is 0.571. The molecule has 1 aromatic carbocycles. The van der Waals surface area contributed by atoms with E-state index in [9.17, 15) is 8.42 Å². The Morgan fingerprint density at radius 2 is 2.24 bits per heavy atom. The third kappa shape index (κ3) is 4.01. The van der Waals surface area contributed by atoms with E-state index < -0.39 is 10.0 Å². The van der Waals surface area contributed by atoms with E-state index in [-0.39, 0.29) is 6.04 Å². The highest BCUT2D eigenvalue weighted by Gasteiger charge is 2.31. The Balaban J connectivity index is 2.23. The van der Waals surface area contributed by atoms with Gasteiger partial charge in [0.1, 0.15) is 0 Å². The summed E-state index contributed by atoms with van der Waals surface area (Å²) in [5.74, 6) is 1.92. The lowest BCUT2D eigenvalue weighted by molar-refractivity contribution is 0.394. The lowest BCUT2D eigenvalue weighted by Crippen LogP contribution is -2.37. The number of benzene rings is 1. The Morgan fingerprint density at radius 1 is 1.48 bits per heavy atom. The Hall–Kier alpha value is -0.0800. The van der Waals surface area contributed by atoms with Crippen molar-refractivity contribution in [1.82, 2.24) is 9.62 Å². The molecule has 0 radical (unpaired) electrons. The van der Waals surface area contributed by atoms with Crippen molar-refractivity contribution in [3.63, 3.8) is 0 Å². The number of halogens is 1. The van der Waals surface area contributed by atoms with E-state index in [0.717, 1.165) is 36.6 Å². The van der Waals surface area contributed by atoms with Crippen molar-refractivity contribution in [2.24, 2.45) is 0 Å². The normalized spacial score (nSPS) is 19.3. The lowest BCUT2D eigenvalue weighted by atomic mass is 10.2. The lowest BCUT2D eigenvalue weighted by Gasteiger charge is -2.23. The Bertz CT molecular complexity index is 587. The minimum absolute atomic E-state index is 0.105. The van der Waals surface area contributed by atoms with Gasteiger partial charge in [-0.05, 0) is 52.3 Å². The van der Waals surface area contributed by atoms with Gasteiger partial charge in [-0.3, -0.25) is 0 Å². The first-order valence-corrected chi connectivity index (χ1v) is 10.4. The predicted molar refractivity (Wildman–Crippen MR) is 92.2 cm³/mol. The van der Waals surface area contributed by atoms with E-state index in [0.29, 0.717) is 9.37 Å². The summed E-state index contributed by atoms with van der Waals surface area (Å²) in [6, 6.07) is 5.56. The van der Waals surface area contributed by atoms with Gasteiger partial charge in [-0.1, -0.05) is 13.0 Å². The van der Waals surface area contributed by atoms with Crippen LogP contribution in [0.1, 0.15) is 18.9 Å². The van der Waals surface area contributed by atoms with E-state index in [2.05, 4.69) is 21.2 Å². The summed E-state index contributed by atoms with van der Waals surface area (Å²) in [5.41, 5.74) is 1.07. The minimum atomic E-state index is -3.44. The SMILES string of the molecule is CCNCc1ccc(S(=O)(=O)N(C)C2CCSC2)c(Br)c1. The highest BCUT2D eigenvalue weighted by Crippen LogP contribution is 2.30. The van der Waals surface area contributed by atoms with E-state index in [1.54, 1.807) is 13.1 Å². The zero-order chi connectivity index (χ0) is 15.5. The Morgan fingerprint density at radius 3 is 2.81 bits per heavy atom. The molecule has 1 saturated heterocycles. The summed E-state index contributed by atoms with van der Waals surface area (Å²) < 4.78 is 27.6. The summed E-state index contributed by atoms with van der Waals surface area (Å²) in [6.07, 6.45) is 0.927. The largest absolute Gasteiger partial charge is 0.313 e. The van der Waals surface area contributed by atoms with Gasteiger partial charge in [0.2, 0.25) is 10.0 Å². The van der Waals surface area contributed by atoms with Crippen LogP contribution in [0.2, 0.25) is 0 Å². The molecule has 4 nitrogen and oxygen atoms in total. The number of thioether (sulfide) groups is 1. The van der Waals surface area contributed by atoms with Crippen molar-refractivity contribution in [2.75, 3.05) is 25.1 Å². The third-order valence-corrected chi connectivity index (χ3v) is 7.68. The van der Waals surface area contributed by atoms with Gasteiger partial charge in [0.25, 0.3) is 0 Å². The molecule has 1 aliphatic heterocycles. The second kappa shape index (κ2) is 7.46. The van der Waals surface area contributed by atoms with Crippen LogP contribution in [0.4, 0.5) is 0 Å². The van der Waals surface area contributed by atoms with Crippen LogP contribution in [0, 0.1) is 0 Å². The molecular weight excluding hydrogens is 372 g/mol. The van der Waals surface area contributed by atoms with Gasteiger partial charge in [0.15, 0.2) is 0 Å². The first-order valence-electron chi connectivity index (χ1n) is 7.01. The van der Waals surface area contributed by atoms with Crippen LogP contribution in [0.3, 0.4) is 0 Å². The smallest absolute Gasteiger partial charge is 0.244 e. The van der Waals surface area contributed by atoms with Crippen molar-refractivity contribution in [3.8, 4) is 0 Å². The van der Waals surface area contributed by atoms with Crippen molar-refractivity contribution in [2.45, 2.75) is 30.8 Å². The van der Waals surface area contributed by atoms with Gasteiger partial charge < -0.3 is 5.32 Å². The summed E-state index contributed by atoms with van der Waals surface area (Å²) in [5, 5.41) is 3.23. The molecule has 1 atom stereocenters. The summed E-state index contributed by atoms with van der Waals surface area (Å²) in [4.78, 5) is 0.349. The van der Waals surface area contributed by atoms with Crippen LogP contribution >= 0.6 is 27.7 Å². The fourth-order valence-corrected chi connectivity index (χ4v) is 6.12. The zero-order valence-electron chi connectivity index (χ0n) is 12.3. The van der Waals surface area contributed by atoms with Gasteiger partial charge in [-0.15, -0.1) is 0 Å². The first kappa shape index (κ1) is 17.3. The number of hydrogen-bond donors (Lipinski definition) is 1. The molecule has 0 aromatic heterocycles. The fourth-order valence-electron chi connectivity index (χ4n) is 2.29. The van der Waals surface area contributed by atoms with Crippen LogP contribution in [0.15, 0.2) is 27.6 Å². The zero-order valence-corrected chi connectivity index (χ0v) is 15.5. The second-order valence-electron chi connectivity index (χ2n) is 5.08. The molecule has 1 fully saturated rings. The third-order valence-electron chi connectivity index (χ3n) is 3.65. The molecule has 0 aliphatic carbocycles. The molecule has 118 valence electrons. The van der Waals surface area contributed by atoms with E-state index in [4.69, 9.17) is 0 Å². The average Bonchev–Trinajstić information content (AvgIpc) is 2.98. The van der Waals surface area contributed by atoms with Crippen molar-refractivity contribution in [3.05, 3.63) is 28.2 Å². The molecule has 1 aromatic rings. The molecular formula is C14H21BrN2O2S2. The van der Waals surface area contributed by atoms with Crippen molar-refractivity contribution >= 4 is 37.7 Å². The molecule has 1 aliphatic rings. The summed E-state index contributed by atoms with van der Waals surface area (Å²) >= 11 is 5.22. The van der Waals surface area contributed by atoms with Crippen molar-refractivity contribution < 1.29 is 8.42 Å². The van der Waals surface area contributed by atoms with Gasteiger partial charge >= 0.3 is 0 Å². The Kier molecular flexibility index (Phi) is 6.14. The summed E-state index contributed by atoms with van der Waals surface area (Å²) in [6.45, 7) is 3.67. The molecule has 2 rings (SSSR count). The maximum atomic E-state index is 12.7. The quantitative estimate of drug-likeness (QED) is 0.808. The van der Waals surface area contributed by atoms with Crippen LogP contribution < -0.4 is 5.32 Å². The van der Waals surface area contributed by atoms with E-state index >= 15 is 0 Å². The predicted octanol–water partition coefficient (Wildman–Crippen LogP) is 2.68. The van der Waals surface area contributed by atoms with Crippen LogP contribution in [-0.2, 0) is 16.6 Å². The topological polar surface area (TPSA) is 49.4 Å². The maximum absolute atomic E-state index is 12.7. The maximum Gasteiger partial charge on any atom is 0.244 e. The molecule has 7 heteroatoms. The molecule has 21 heavy (non-hydrogen) atoms. The first-order chi connectivity index (χ1) is 9.96. The average molecular weight is 393 g/mol. The molecule has 1 unspecified atom stereocenters. The van der Waals surface area contributed by atoms with Crippen molar-refractivity contribution in [1.29, 1.82) is 0 Å². The minimum Gasteiger partial charge on any atom is -0.313 e. The van der Waals surface area contributed by atoms with Gasteiger partial charge in [0, 0.05) is 29.9 Å². The number of nitrogens with zero attached hydrogens (tertiary/aromatic N) is 1. The van der Waals surface area contributed by atoms with E-state index in [1.165, 1.54) is 4.31 Å². The number of rotatable bonds is 6. The second-order valence-corrected chi connectivity index (χ2v) is 9.05. The molecule has 1 heterocycles. The number of sulfonamides is 1. The number of hydrogen-bond acceptors (Lipinski definition) is 4. The van der Waals surface area contributed by atoms with Crippen LogP contribution in [-0.4, -0.2) is 43.9 Å². The highest BCUT2D eigenvalue weighted by atomic mass is 79.9. The molecule has 1 N–H and O–H groups in total. The monoisotopic (exact) mass is 392 g/mol. The molecule has 0 amide bonds. The van der Waals surface area contributed by atoms with Gasteiger partial charge in [0.05, 0.1) is 4.90 Å². The Labute approximate surface area is 139 Å². The van der Waals surface area contributed by atoms with E-state index in [1.807, 2.05) is 30.8 Å². The highest BCUT2D eigenvalue weighted by molar-refractivity contribution is 9.10. The molecule has 0 bridgehead atoms. The van der Waals surface area contributed by atoms with Crippen LogP contribution in [0.25, 0.3) is 0 Å². The molecule has 0 saturated carbocycles. The summed E-state index contributed by atoms with van der Waals surface area (Å²) in [7, 11) is -1.75. The van der Waals surface area contributed by atoms with Gasteiger partial charge in [-0.2, -0.15) is 16.1 Å². The standard InChI is InChI=1S/C14H21BrN2O2S2/c1-3-16-9-11-4-5-14(13(15)8-11)21(18,19)17(2)12-6-7-20-10-12/h4-5,8,12,16H,3,6-7,9-10H2,1-2H3.